The molecule has 3 aromatic rings. The van der Waals surface area contributed by atoms with Crippen molar-refractivity contribution in [2.24, 2.45) is 0 Å². The number of benzene rings is 3. The molecule has 160 valence electrons. The lowest BCUT2D eigenvalue weighted by atomic mass is 10.0. The highest BCUT2D eigenvalue weighted by Crippen LogP contribution is 2.37. The predicted octanol–water partition coefficient (Wildman–Crippen LogP) is 4.13. The molecule has 2 amide bonds. The van der Waals surface area contributed by atoms with Crippen molar-refractivity contribution in [1.29, 1.82) is 0 Å². The van der Waals surface area contributed by atoms with Crippen LogP contribution < -0.4 is 24.4 Å². The molecular formula is C25H20N2O5. The Hall–Kier alpha value is -4.26. The number of aryl methyl sites for hydroxylation is 1. The summed E-state index contributed by atoms with van der Waals surface area (Å²) in [6, 6.07) is 19.6. The highest BCUT2D eigenvalue weighted by atomic mass is 16.7. The number of amides is 2. The molecule has 0 aromatic heterocycles. The van der Waals surface area contributed by atoms with Crippen LogP contribution in [0.2, 0.25) is 0 Å². The fraction of sp³-hybridized carbons (Fsp3) is 0.120. The third kappa shape index (κ3) is 3.33. The van der Waals surface area contributed by atoms with Crippen molar-refractivity contribution >= 4 is 28.8 Å². The molecule has 0 saturated heterocycles. The number of carbonyl (C=O) groups is 2. The second-order valence-electron chi connectivity index (χ2n) is 7.45. The highest BCUT2D eigenvalue weighted by molar-refractivity contribution is 6.46. The van der Waals surface area contributed by atoms with Crippen LogP contribution in [0.25, 0.3) is 5.57 Å². The van der Waals surface area contributed by atoms with E-state index in [0.717, 1.165) is 5.56 Å². The minimum absolute atomic E-state index is 0.150. The predicted molar refractivity (Wildman–Crippen MR) is 120 cm³/mol. The quantitative estimate of drug-likeness (QED) is 0.616. The number of methoxy groups -OCH3 is 1. The van der Waals surface area contributed by atoms with E-state index in [1.807, 2.05) is 19.1 Å². The summed E-state index contributed by atoms with van der Waals surface area (Å²) in [6.07, 6.45) is 0. The van der Waals surface area contributed by atoms with E-state index in [1.54, 1.807) is 61.7 Å². The van der Waals surface area contributed by atoms with E-state index in [1.165, 1.54) is 4.90 Å². The smallest absolute Gasteiger partial charge is 0.282 e. The van der Waals surface area contributed by atoms with Gasteiger partial charge in [0.2, 0.25) is 6.79 Å². The van der Waals surface area contributed by atoms with Crippen LogP contribution in [0.4, 0.5) is 11.4 Å². The van der Waals surface area contributed by atoms with E-state index in [-0.39, 0.29) is 18.1 Å². The molecule has 1 N–H and O–H groups in total. The number of nitrogens with zero attached hydrogens (tertiary/aromatic N) is 1. The van der Waals surface area contributed by atoms with Crippen molar-refractivity contribution in [1.82, 2.24) is 0 Å². The van der Waals surface area contributed by atoms with Crippen molar-refractivity contribution in [2.45, 2.75) is 6.92 Å². The fourth-order valence-corrected chi connectivity index (χ4v) is 3.72. The summed E-state index contributed by atoms with van der Waals surface area (Å²) < 4.78 is 16.0. The zero-order chi connectivity index (χ0) is 22.2. The van der Waals surface area contributed by atoms with Gasteiger partial charge in [-0.05, 0) is 48.9 Å². The molecule has 0 unspecified atom stereocenters. The van der Waals surface area contributed by atoms with Crippen LogP contribution in [0, 0.1) is 6.92 Å². The van der Waals surface area contributed by atoms with E-state index < -0.39 is 11.8 Å². The molecule has 0 spiro atoms. The normalized spacial score (nSPS) is 14.9. The molecule has 0 saturated carbocycles. The number of fused-ring (bicyclic) bond motifs is 1. The number of hydrogen-bond donors (Lipinski definition) is 1. The van der Waals surface area contributed by atoms with E-state index >= 15 is 0 Å². The monoisotopic (exact) mass is 428 g/mol. The zero-order valence-corrected chi connectivity index (χ0v) is 17.5. The number of hydrogen-bond acceptors (Lipinski definition) is 6. The van der Waals surface area contributed by atoms with Crippen LogP contribution >= 0.6 is 0 Å². The summed E-state index contributed by atoms with van der Waals surface area (Å²) >= 11 is 0. The summed E-state index contributed by atoms with van der Waals surface area (Å²) in [6.45, 7) is 2.10. The standard InChI is InChI=1S/C25H20N2O5/c1-15-3-8-18(9-4-15)27-24(28)22(16-5-10-19(30-2)11-6-16)23(25(27)29)26-17-7-12-20-21(13-17)32-14-31-20/h3-13,26H,14H2,1-2H3. The maximum absolute atomic E-state index is 13.5. The van der Waals surface area contributed by atoms with Crippen molar-refractivity contribution in [3.8, 4) is 17.2 Å². The van der Waals surface area contributed by atoms with Gasteiger partial charge in [0.05, 0.1) is 18.4 Å². The van der Waals surface area contributed by atoms with Crippen LogP contribution in [-0.4, -0.2) is 25.7 Å². The van der Waals surface area contributed by atoms with Gasteiger partial charge in [0, 0.05) is 11.8 Å². The van der Waals surface area contributed by atoms with Gasteiger partial charge in [-0.15, -0.1) is 0 Å². The summed E-state index contributed by atoms with van der Waals surface area (Å²) in [4.78, 5) is 28.1. The van der Waals surface area contributed by atoms with Crippen LogP contribution in [0.3, 0.4) is 0 Å². The number of imide groups is 1. The lowest BCUT2D eigenvalue weighted by molar-refractivity contribution is -0.120. The first kappa shape index (κ1) is 19.7. The molecule has 2 aliphatic heterocycles. The molecule has 32 heavy (non-hydrogen) atoms. The molecule has 7 nitrogen and oxygen atoms in total. The van der Waals surface area contributed by atoms with Crippen molar-refractivity contribution < 1.29 is 23.8 Å². The van der Waals surface area contributed by atoms with Crippen molar-refractivity contribution in [3.05, 3.63) is 83.6 Å². The van der Waals surface area contributed by atoms with E-state index in [9.17, 15) is 9.59 Å². The topological polar surface area (TPSA) is 77.1 Å². The Morgan fingerprint density at radius 2 is 1.59 bits per heavy atom. The Balaban J connectivity index is 1.58. The molecule has 2 heterocycles. The maximum Gasteiger partial charge on any atom is 0.282 e. The zero-order valence-electron chi connectivity index (χ0n) is 17.5. The first-order valence-corrected chi connectivity index (χ1v) is 10.1. The molecule has 7 heteroatoms. The SMILES string of the molecule is COc1ccc(C2=C(Nc3ccc4c(c3)OCO4)C(=O)N(c3ccc(C)cc3)C2=O)cc1. The molecule has 5 rings (SSSR count). The molecular weight excluding hydrogens is 408 g/mol. The minimum Gasteiger partial charge on any atom is -0.497 e. The van der Waals surface area contributed by atoms with Gasteiger partial charge in [0.1, 0.15) is 11.4 Å². The van der Waals surface area contributed by atoms with E-state index in [4.69, 9.17) is 14.2 Å². The lowest BCUT2D eigenvalue weighted by Crippen LogP contribution is -2.32. The maximum atomic E-state index is 13.5. The van der Waals surface area contributed by atoms with Gasteiger partial charge < -0.3 is 19.5 Å². The van der Waals surface area contributed by atoms with E-state index in [0.29, 0.717) is 34.2 Å². The highest BCUT2D eigenvalue weighted by Gasteiger charge is 2.40. The Labute approximate surface area is 184 Å². The van der Waals surface area contributed by atoms with E-state index in [2.05, 4.69) is 5.32 Å². The molecule has 0 aliphatic carbocycles. The van der Waals surface area contributed by atoms with Crippen LogP contribution in [0.1, 0.15) is 11.1 Å². The Bertz CT molecular complexity index is 1250. The van der Waals surface area contributed by atoms with Crippen molar-refractivity contribution in [3.63, 3.8) is 0 Å². The summed E-state index contributed by atoms with van der Waals surface area (Å²) in [5.74, 6) is 1.05. The number of ether oxygens (including phenoxy) is 3. The summed E-state index contributed by atoms with van der Waals surface area (Å²) in [7, 11) is 1.57. The Morgan fingerprint density at radius 1 is 0.875 bits per heavy atom. The average Bonchev–Trinajstić information content (AvgIpc) is 3.37. The van der Waals surface area contributed by atoms with Gasteiger partial charge in [-0.2, -0.15) is 0 Å². The van der Waals surface area contributed by atoms with Gasteiger partial charge >= 0.3 is 0 Å². The second-order valence-corrected chi connectivity index (χ2v) is 7.45. The number of anilines is 2. The Morgan fingerprint density at radius 3 is 2.31 bits per heavy atom. The summed E-state index contributed by atoms with van der Waals surface area (Å²) in [5, 5.41) is 3.14. The van der Waals surface area contributed by atoms with Gasteiger partial charge in [0.25, 0.3) is 11.8 Å². The fourth-order valence-electron chi connectivity index (χ4n) is 3.72. The first-order valence-electron chi connectivity index (χ1n) is 10.1. The second kappa shape index (κ2) is 7.77. The molecule has 0 fully saturated rings. The lowest BCUT2D eigenvalue weighted by Gasteiger charge is -2.15. The van der Waals surface area contributed by atoms with Gasteiger partial charge in [-0.25, -0.2) is 4.90 Å². The van der Waals surface area contributed by atoms with Gasteiger partial charge in [-0.3, -0.25) is 9.59 Å². The molecule has 2 aliphatic rings. The first-order chi connectivity index (χ1) is 15.5. The average molecular weight is 428 g/mol. The third-order valence-electron chi connectivity index (χ3n) is 5.40. The summed E-state index contributed by atoms with van der Waals surface area (Å²) in [5.41, 5.74) is 3.26. The largest absolute Gasteiger partial charge is 0.497 e. The van der Waals surface area contributed by atoms with Crippen molar-refractivity contribution in [2.75, 3.05) is 24.1 Å². The molecule has 0 bridgehead atoms. The minimum atomic E-state index is -0.428. The molecule has 0 radical (unpaired) electrons. The van der Waals surface area contributed by atoms with Gasteiger partial charge in [-0.1, -0.05) is 29.8 Å². The van der Waals surface area contributed by atoms with Crippen LogP contribution in [0.5, 0.6) is 17.2 Å². The third-order valence-corrected chi connectivity index (χ3v) is 5.40. The molecule has 0 atom stereocenters. The number of nitrogens with one attached hydrogen (secondary N) is 1. The number of rotatable bonds is 5. The van der Waals surface area contributed by atoms with Crippen LogP contribution in [0.15, 0.2) is 72.4 Å². The Kier molecular flexibility index (Phi) is 4.78. The van der Waals surface area contributed by atoms with Crippen LogP contribution in [-0.2, 0) is 9.59 Å². The van der Waals surface area contributed by atoms with Gasteiger partial charge in [0.15, 0.2) is 11.5 Å². The molecule has 3 aromatic carbocycles. The number of carbonyl (C=O) groups excluding carboxylic acids is 2.